The lowest BCUT2D eigenvalue weighted by molar-refractivity contribution is 0.333. The van der Waals surface area contributed by atoms with Gasteiger partial charge in [0, 0.05) is 9.75 Å². The van der Waals surface area contributed by atoms with E-state index in [1.807, 2.05) is 12.1 Å². The van der Waals surface area contributed by atoms with E-state index in [0.717, 1.165) is 17.7 Å². The molecule has 0 radical (unpaired) electrons. The minimum atomic E-state index is -0.861. The Balaban J connectivity index is 2.56. The fourth-order valence-corrected chi connectivity index (χ4v) is 2.36. The summed E-state index contributed by atoms with van der Waals surface area (Å²) in [5.41, 5.74) is 5.30. The quantitative estimate of drug-likeness (QED) is 0.778. The largest absolute Gasteiger partial charge is 0.330 e. The molecular weight excluding hydrogens is 185 g/mol. The Bertz CT molecular complexity index is 247. The standard InChI is InChI=1S/C10H16FNS/c1-2-3-8-4-5-10(13-8)9(11)6-7-12/h4-5,9H,2-3,6-7,12H2,1H3. The fourth-order valence-electron chi connectivity index (χ4n) is 1.23. The summed E-state index contributed by atoms with van der Waals surface area (Å²) in [5.74, 6) is 0. The number of aryl methyl sites for hydroxylation is 1. The van der Waals surface area contributed by atoms with Gasteiger partial charge in [-0.25, -0.2) is 4.39 Å². The number of halogens is 1. The van der Waals surface area contributed by atoms with E-state index in [2.05, 4.69) is 6.92 Å². The van der Waals surface area contributed by atoms with E-state index < -0.39 is 6.17 Å². The number of rotatable bonds is 5. The van der Waals surface area contributed by atoms with Gasteiger partial charge in [0.1, 0.15) is 6.17 Å². The minimum absolute atomic E-state index is 0.419. The molecule has 1 heterocycles. The third-order valence-electron chi connectivity index (χ3n) is 1.91. The lowest BCUT2D eigenvalue weighted by Crippen LogP contribution is -2.02. The van der Waals surface area contributed by atoms with Gasteiger partial charge in [0.05, 0.1) is 0 Å². The number of hydrogen-bond acceptors (Lipinski definition) is 2. The molecular formula is C10H16FNS. The van der Waals surface area contributed by atoms with Crippen molar-refractivity contribution < 1.29 is 4.39 Å². The Morgan fingerprint density at radius 3 is 2.92 bits per heavy atom. The van der Waals surface area contributed by atoms with Gasteiger partial charge in [-0.2, -0.15) is 0 Å². The smallest absolute Gasteiger partial charge is 0.135 e. The second kappa shape index (κ2) is 5.35. The molecule has 1 aromatic rings. The average Bonchev–Trinajstić information content (AvgIpc) is 2.54. The predicted octanol–water partition coefficient (Wildman–Crippen LogP) is 3.06. The number of alkyl halides is 1. The molecule has 1 aromatic heterocycles. The summed E-state index contributed by atoms with van der Waals surface area (Å²) in [6, 6.07) is 3.91. The van der Waals surface area contributed by atoms with Crippen LogP contribution in [0, 0.1) is 0 Å². The van der Waals surface area contributed by atoms with E-state index in [0.29, 0.717) is 13.0 Å². The summed E-state index contributed by atoms with van der Waals surface area (Å²) < 4.78 is 13.3. The molecule has 3 heteroatoms. The van der Waals surface area contributed by atoms with Crippen LogP contribution in [0.25, 0.3) is 0 Å². The summed E-state index contributed by atoms with van der Waals surface area (Å²) >= 11 is 1.57. The highest BCUT2D eigenvalue weighted by Gasteiger charge is 2.10. The van der Waals surface area contributed by atoms with Crippen LogP contribution in [0.15, 0.2) is 12.1 Å². The second-order valence-corrected chi connectivity index (χ2v) is 4.30. The highest BCUT2D eigenvalue weighted by Crippen LogP contribution is 2.28. The highest BCUT2D eigenvalue weighted by atomic mass is 32.1. The zero-order valence-electron chi connectivity index (χ0n) is 7.92. The Morgan fingerprint density at radius 2 is 2.31 bits per heavy atom. The SMILES string of the molecule is CCCc1ccc(C(F)CCN)s1. The third-order valence-corrected chi connectivity index (χ3v) is 3.14. The Kier molecular flexibility index (Phi) is 4.39. The molecule has 0 amide bonds. The first-order valence-corrected chi connectivity index (χ1v) is 5.52. The Hall–Kier alpha value is -0.410. The van der Waals surface area contributed by atoms with E-state index in [1.165, 1.54) is 4.88 Å². The van der Waals surface area contributed by atoms with Gasteiger partial charge < -0.3 is 5.73 Å². The lowest BCUT2D eigenvalue weighted by Gasteiger charge is -2.01. The maximum Gasteiger partial charge on any atom is 0.135 e. The van der Waals surface area contributed by atoms with Gasteiger partial charge in [-0.05, 0) is 31.5 Å². The van der Waals surface area contributed by atoms with Crippen LogP contribution in [0.3, 0.4) is 0 Å². The van der Waals surface area contributed by atoms with Crippen LogP contribution in [0.2, 0.25) is 0 Å². The molecule has 0 saturated heterocycles. The molecule has 1 rings (SSSR count). The van der Waals surface area contributed by atoms with Crippen LogP contribution in [0.1, 0.15) is 35.7 Å². The van der Waals surface area contributed by atoms with Gasteiger partial charge in [0.25, 0.3) is 0 Å². The van der Waals surface area contributed by atoms with Gasteiger partial charge in [0.15, 0.2) is 0 Å². The zero-order valence-corrected chi connectivity index (χ0v) is 8.74. The maximum atomic E-state index is 13.3. The van der Waals surface area contributed by atoms with Gasteiger partial charge in [-0.3, -0.25) is 0 Å². The van der Waals surface area contributed by atoms with E-state index in [-0.39, 0.29) is 0 Å². The van der Waals surface area contributed by atoms with Crippen molar-refractivity contribution in [3.8, 4) is 0 Å². The summed E-state index contributed by atoms with van der Waals surface area (Å²) in [4.78, 5) is 2.10. The Morgan fingerprint density at radius 1 is 1.54 bits per heavy atom. The van der Waals surface area contributed by atoms with E-state index in [4.69, 9.17) is 5.73 Å². The second-order valence-electron chi connectivity index (χ2n) is 3.10. The van der Waals surface area contributed by atoms with Crippen LogP contribution in [0.4, 0.5) is 4.39 Å². The van der Waals surface area contributed by atoms with Crippen molar-refractivity contribution in [1.29, 1.82) is 0 Å². The molecule has 0 aliphatic heterocycles. The summed E-state index contributed by atoms with van der Waals surface area (Å²) in [5, 5.41) is 0. The van der Waals surface area contributed by atoms with Crippen molar-refractivity contribution >= 4 is 11.3 Å². The summed E-state index contributed by atoms with van der Waals surface area (Å²) in [6.45, 7) is 2.55. The fraction of sp³-hybridized carbons (Fsp3) is 0.600. The normalized spacial score (nSPS) is 13.2. The first kappa shape index (κ1) is 10.7. The first-order valence-electron chi connectivity index (χ1n) is 4.70. The van der Waals surface area contributed by atoms with E-state index in [1.54, 1.807) is 11.3 Å². The lowest BCUT2D eigenvalue weighted by atomic mass is 10.2. The van der Waals surface area contributed by atoms with Crippen molar-refractivity contribution in [2.24, 2.45) is 5.73 Å². The van der Waals surface area contributed by atoms with Crippen molar-refractivity contribution in [2.75, 3.05) is 6.54 Å². The molecule has 0 bridgehead atoms. The topological polar surface area (TPSA) is 26.0 Å². The molecule has 74 valence electrons. The summed E-state index contributed by atoms with van der Waals surface area (Å²) in [6.07, 6.45) is 1.75. The predicted molar refractivity (Wildman–Crippen MR) is 55.8 cm³/mol. The molecule has 13 heavy (non-hydrogen) atoms. The minimum Gasteiger partial charge on any atom is -0.330 e. The van der Waals surface area contributed by atoms with Gasteiger partial charge in [-0.1, -0.05) is 13.3 Å². The number of thiophene rings is 1. The molecule has 1 unspecified atom stereocenters. The average molecular weight is 201 g/mol. The van der Waals surface area contributed by atoms with Crippen molar-refractivity contribution in [1.82, 2.24) is 0 Å². The van der Waals surface area contributed by atoms with Crippen LogP contribution < -0.4 is 5.73 Å². The number of hydrogen-bond donors (Lipinski definition) is 1. The molecule has 0 aromatic carbocycles. The monoisotopic (exact) mass is 201 g/mol. The van der Waals surface area contributed by atoms with Crippen molar-refractivity contribution in [3.05, 3.63) is 21.9 Å². The Labute approximate surface area is 82.8 Å². The maximum absolute atomic E-state index is 13.3. The number of nitrogens with two attached hydrogens (primary N) is 1. The zero-order chi connectivity index (χ0) is 9.68. The third kappa shape index (κ3) is 3.08. The molecule has 0 aliphatic rings. The summed E-state index contributed by atoms with van der Waals surface area (Å²) in [7, 11) is 0. The van der Waals surface area contributed by atoms with E-state index in [9.17, 15) is 4.39 Å². The van der Waals surface area contributed by atoms with Gasteiger partial charge in [-0.15, -0.1) is 11.3 Å². The molecule has 0 spiro atoms. The van der Waals surface area contributed by atoms with E-state index >= 15 is 0 Å². The van der Waals surface area contributed by atoms with Crippen LogP contribution in [0.5, 0.6) is 0 Å². The molecule has 1 atom stereocenters. The van der Waals surface area contributed by atoms with Crippen molar-refractivity contribution in [3.63, 3.8) is 0 Å². The first-order chi connectivity index (χ1) is 6.27. The van der Waals surface area contributed by atoms with Crippen LogP contribution >= 0.6 is 11.3 Å². The van der Waals surface area contributed by atoms with Gasteiger partial charge >= 0.3 is 0 Å². The molecule has 0 saturated carbocycles. The molecule has 2 N–H and O–H groups in total. The van der Waals surface area contributed by atoms with Crippen LogP contribution in [-0.2, 0) is 6.42 Å². The van der Waals surface area contributed by atoms with Gasteiger partial charge in [0.2, 0.25) is 0 Å². The molecule has 0 aliphatic carbocycles. The highest BCUT2D eigenvalue weighted by molar-refractivity contribution is 7.12. The van der Waals surface area contributed by atoms with Crippen LogP contribution in [-0.4, -0.2) is 6.54 Å². The molecule has 0 fully saturated rings. The van der Waals surface area contributed by atoms with Crippen molar-refractivity contribution in [2.45, 2.75) is 32.4 Å². The molecule has 1 nitrogen and oxygen atoms in total.